The number of halogens is 1. The van der Waals surface area contributed by atoms with E-state index < -0.39 is 6.17 Å². The van der Waals surface area contributed by atoms with Crippen molar-refractivity contribution in [3.8, 4) is 0 Å². The molecule has 0 heterocycles. The van der Waals surface area contributed by atoms with Crippen molar-refractivity contribution in [3.63, 3.8) is 0 Å². The first-order chi connectivity index (χ1) is 3.79. The van der Waals surface area contributed by atoms with Crippen LogP contribution in [0.2, 0.25) is 0 Å². The average Bonchev–Trinajstić information content (AvgIpc) is 1.77. The molecule has 0 unspecified atom stereocenters. The fourth-order valence-electron chi connectivity index (χ4n) is 1.04. The van der Waals surface area contributed by atoms with Crippen LogP contribution in [-0.2, 0) is 0 Å². The summed E-state index contributed by atoms with van der Waals surface area (Å²) in [6, 6.07) is 0. The molecule has 0 aromatic carbocycles. The molecule has 0 atom stereocenters. The molecule has 1 rings (SSSR count). The Morgan fingerprint density at radius 1 is 1.11 bits per heavy atom. The summed E-state index contributed by atoms with van der Waals surface area (Å²) in [7, 11) is 0. The Balaban J connectivity index is 0.000000640. The van der Waals surface area contributed by atoms with Crippen LogP contribution in [0.5, 0.6) is 0 Å². The topological polar surface area (TPSA) is 0 Å². The van der Waals surface area contributed by atoms with Crippen molar-refractivity contribution >= 4 is 31.5 Å². The van der Waals surface area contributed by atoms with E-state index in [0.717, 1.165) is 25.7 Å². The SMILES string of the molecule is FC1CCC(S)CC1.[LiH]. The molecule has 1 fully saturated rings. The first-order valence-electron chi connectivity index (χ1n) is 3.11. The molecule has 0 nitrogen and oxygen atoms in total. The second-order valence-electron chi connectivity index (χ2n) is 2.41. The predicted octanol–water partition coefficient (Wildman–Crippen LogP) is 1.55. The van der Waals surface area contributed by atoms with E-state index in [-0.39, 0.29) is 18.9 Å². The summed E-state index contributed by atoms with van der Waals surface area (Å²) in [6.07, 6.45) is 2.86. The molecule has 1 saturated carbocycles. The molecule has 0 spiro atoms. The molecular weight excluding hydrogens is 130 g/mol. The molecular formula is C6H12FLiS. The summed E-state index contributed by atoms with van der Waals surface area (Å²) >= 11 is 4.24. The van der Waals surface area contributed by atoms with E-state index in [0.29, 0.717) is 5.25 Å². The third-order valence-corrected chi connectivity index (χ3v) is 2.14. The van der Waals surface area contributed by atoms with Gasteiger partial charge in [0.05, 0.1) is 0 Å². The summed E-state index contributed by atoms with van der Waals surface area (Å²) < 4.78 is 12.3. The Morgan fingerprint density at radius 2 is 1.56 bits per heavy atom. The summed E-state index contributed by atoms with van der Waals surface area (Å²) in [5.41, 5.74) is 0. The molecule has 3 heteroatoms. The van der Waals surface area contributed by atoms with E-state index in [9.17, 15) is 4.39 Å². The average molecular weight is 142 g/mol. The van der Waals surface area contributed by atoms with Crippen molar-refractivity contribution in [1.82, 2.24) is 0 Å². The second kappa shape index (κ2) is 4.66. The van der Waals surface area contributed by atoms with E-state index >= 15 is 0 Å². The van der Waals surface area contributed by atoms with Crippen LogP contribution in [-0.4, -0.2) is 30.3 Å². The molecule has 0 bridgehead atoms. The molecule has 1 aliphatic carbocycles. The van der Waals surface area contributed by atoms with E-state index in [4.69, 9.17) is 0 Å². The maximum absolute atomic E-state index is 12.3. The summed E-state index contributed by atoms with van der Waals surface area (Å²) in [5, 5.41) is 0.474. The van der Waals surface area contributed by atoms with Crippen molar-refractivity contribution in [1.29, 1.82) is 0 Å². The molecule has 0 N–H and O–H groups in total. The molecule has 0 saturated heterocycles. The van der Waals surface area contributed by atoms with Crippen LogP contribution in [0.4, 0.5) is 4.39 Å². The van der Waals surface area contributed by atoms with Gasteiger partial charge in [-0.3, -0.25) is 0 Å². The Labute approximate surface area is 73.2 Å². The monoisotopic (exact) mass is 142 g/mol. The number of thiol groups is 1. The molecule has 0 aliphatic heterocycles. The maximum atomic E-state index is 12.3. The van der Waals surface area contributed by atoms with Gasteiger partial charge in [-0.2, -0.15) is 12.6 Å². The normalized spacial score (nSPS) is 35.3. The van der Waals surface area contributed by atoms with Crippen LogP contribution >= 0.6 is 12.6 Å². The quantitative estimate of drug-likeness (QED) is 0.385. The molecule has 0 aromatic rings. The third kappa shape index (κ3) is 3.55. The first-order valence-corrected chi connectivity index (χ1v) is 3.63. The Kier molecular flexibility index (Phi) is 5.11. The van der Waals surface area contributed by atoms with E-state index in [1.54, 1.807) is 0 Å². The second-order valence-corrected chi connectivity index (χ2v) is 3.14. The van der Waals surface area contributed by atoms with Crippen molar-refractivity contribution < 1.29 is 4.39 Å². The van der Waals surface area contributed by atoms with Gasteiger partial charge in [0.25, 0.3) is 0 Å². The minimum absolute atomic E-state index is 0. The van der Waals surface area contributed by atoms with E-state index in [1.807, 2.05) is 0 Å². The first kappa shape index (κ1) is 9.88. The minimum atomic E-state index is -0.529. The van der Waals surface area contributed by atoms with Crippen LogP contribution < -0.4 is 0 Å². The zero-order valence-electron chi connectivity index (χ0n) is 4.81. The van der Waals surface area contributed by atoms with Gasteiger partial charge < -0.3 is 0 Å². The van der Waals surface area contributed by atoms with Crippen molar-refractivity contribution in [3.05, 3.63) is 0 Å². The Hall–Kier alpha value is 0.877. The van der Waals surface area contributed by atoms with Gasteiger partial charge in [-0.05, 0) is 25.7 Å². The van der Waals surface area contributed by atoms with Crippen molar-refractivity contribution in [2.24, 2.45) is 0 Å². The zero-order chi connectivity index (χ0) is 5.98. The summed E-state index contributed by atoms with van der Waals surface area (Å²) in [5.74, 6) is 0. The number of hydrogen-bond donors (Lipinski definition) is 1. The van der Waals surface area contributed by atoms with Crippen LogP contribution in [0.25, 0.3) is 0 Å². The van der Waals surface area contributed by atoms with Crippen LogP contribution in [0, 0.1) is 0 Å². The molecule has 1 aliphatic rings. The van der Waals surface area contributed by atoms with Gasteiger partial charge in [0.1, 0.15) is 6.17 Å². The summed E-state index contributed by atoms with van der Waals surface area (Å²) in [6.45, 7) is 0. The number of rotatable bonds is 0. The van der Waals surface area contributed by atoms with Crippen molar-refractivity contribution in [2.45, 2.75) is 37.1 Å². The summed E-state index contributed by atoms with van der Waals surface area (Å²) in [4.78, 5) is 0. The van der Waals surface area contributed by atoms with Crippen molar-refractivity contribution in [2.75, 3.05) is 0 Å². The van der Waals surface area contributed by atoms with Gasteiger partial charge in [0, 0.05) is 5.25 Å². The Bertz CT molecular complexity index is 61.5. The molecule has 50 valence electrons. The Morgan fingerprint density at radius 3 is 1.89 bits per heavy atom. The van der Waals surface area contributed by atoms with Crippen LogP contribution in [0.15, 0.2) is 0 Å². The number of hydrogen-bond acceptors (Lipinski definition) is 1. The molecule has 0 radical (unpaired) electrons. The number of alkyl halides is 1. The standard InChI is InChI=1S/C6H11FS.Li.H/c7-5-1-3-6(8)4-2-5;;/h5-6,8H,1-4H2;;. The fourth-order valence-corrected chi connectivity index (χ4v) is 1.33. The van der Waals surface area contributed by atoms with Gasteiger partial charge in [0.15, 0.2) is 0 Å². The van der Waals surface area contributed by atoms with E-state index in [1.165, 1.54) is 0 Å². The molecule has 0 aromatic heterocycles. The third-order valence-electron chi connectivity index (χ3n) is 1.63. The van der Waals surface area contributed by atoms with Gasteiger partial charge in [-0.25, -0.2) is 4.39 Å². The van der Waals surface area contributed by atoms with Crippen LogP contribution in [0.3, 0.4) is 0 Å². The van der Waals surface area contributed by atoms with Crippen LogP contribution in [0.1, 0.15) is 25.7 Å². The molecule has 9 heavy (non-hydrogen) atoms. The van der Waals surface area contributed by atoms with Gasteiger partial charge in [-0.1, -0.05) is 0 Å². The van der Waals surface area contributed by atoms with Gasteiger partial charge in [-0.15, -0.1) is 0 Å². The van der Waals surface area contributed by atoms with Gasteiger partial charge >= 0.3 is 18.9 Å². The van der Waals surface area contributed by atoms with Gasteiger partial charge in [0.2, 0.25) is 0 Å². The zero-order valence-corrected chi connectivity index (χ0v) is 5.70. The predicted molar refractivity (Wildman–Crippen MR) is 43.3 cm³/mol. The molecule has 0 amide bonds. The van der Waals surface area contributed by atoms with E-state index in [2.05, 4.69) is 12.6 Å². The fraction of sp³-hybridized carbons (Fsp3) is 1.00.